The second-order valence-electron chi connectivity index (χ2n) is 9.31. The summed E-state index contributed by atoms with van der Waals surface area (Å²) in [5.41, 5.74) is 6.54. The van der Waals surface area contributed by atoms with Crippen LogP contribution in [0.4, 0.5) is 22.7 Å². The van der Waals surface area contributed by atoms with Gasteiger partial charge in [0.05, 0.1) is 33.6 Å². The Balaban J connectivity index is 1.72. The van der Waals surface area contributed by atoms with Crippen LogP contribution in [0, 0.1) is 27.7 Å². The molecule has 5 rings (SSSR count). The Morgan fingerprint density at radius 2 is 0.861 bits per heavy atom. The van der Waals surface area contributed by atoms with Crippen molar-refractivity contribution in [1.29, 1.82) is 0 Å². The lowest BCUT2D eigenvalue weighted by atomic mass is 9.81. The second kappa shape index (κ2) is 8.57. The molecule has 0 saturated carbocycles. The van der Waals surface area contributed by atoms with E-state index in [-0.39, 0.29) is 33.8 Å². The molecular formula is C30H26N2O4. The zero-order chi connectivity index (χ0) is 25.7. The average molecular weight is 479 g/mol. The van der Waals surface area contributed by atoms with E-state index in [2.05, 4.69) is 10.6 Å². The summed E-state index contributed by atoms with van der Waals surface area (Å²) in [5.74, 6) is -1.77. The minimum Gasteiger partial charge on any atom is -0.507 e. The van der Waals surface area contributed by atoms with E-state index < -0.39 is 11.6 Å². The predicted molar refractivity (Wildman–Crippen MR) is 141 cm³/mol. The van der Waals surface area contributed by atoms with Gasteiger partial charge in [0.2, 0.25) is 11.6 Å². The molecule has 0 radical (unpaired) electrons. The van der Waals surface area contributed by atoms with Gasteiger partial charge in [0.1, 0.15) is 11.5 Å². The number of phenols is 2. The normalized spacial score (nSPS) is 12.2. The standard InChI is InChI=1S/C30H26N2O4/c1-15-5-7-19(17(3)13-15)31-21-9-10-22(32-20-8-6-16(2)14-18(20)4)26-25(21)29(35)27-23(33)11-12-24(34)28(27)30(26)36/h5-14,31-34H,1-4H3. The maximum absolute atomic E-state index is 13.8. The summed E-state index contributed by atoms with van der Waals surface area (Å²) in [6, 6.07) is 17.8. The molecule has 4 aromatic rings. The Morgan fingerprint density at radius 3 is 1.22 bits per heavy atom. The molecule has 1 aliphatic carbocycles. The number of hydrogen-bond acceptors (Lipinski definition) is 6. The summed E-state index contributed by atoms with van der Waals surface area (Å²) in [4.78, 5) is 27.6. The second-order valence-corrected chi connectivity index (χ2v) is 9.31. The van der Waals surface area contributed by atoms with Crippen molar-refractivity contribution in [3.05, 3.63) is 105 Å². The van der Waals surface area contributed by atoms with Crippen LogP contribution in [0.2, 0.25) is 0 Å². The monoisotopic (exact) mass is 478 g/mol. The third kappa shape index (κ3) is 3.77. The number of carbonyl (C=O) groups excluding carboxylic acids is 2. The highest BCUT2D eigenvalue weighted by atomic mass is 16.3. The van der Waals surface area contributed by atoms with Crippen molar-refractivity contribution < 1.29 is 19.8 Å². The lowest BCUT2D eigenvalue weighted by Crippen LogP contribution is -2.24. The van der Waals surface area contributed by atoms with Gasteiger partial charge in [0.15, 0.2) is 0 Å². The highest BCUT2D eigenvalue weighted by Gasteiger charge is 2.38. The Labute approximate surface area is 209 Å². The Morgan fingerprint density at radius 1 is 0.500 bits per heavy atom. The van der Waals surface area contributed by atoms with Crippen molar-refractivity contribution in [2.24, 2.45) is 0 Å². The zero-order valence-electron chi connectivity index (χ0n) is 20.5. The average Bonchev–Trinajstić information content (AvgIpc) is 2.83. The third-order valence-electron chi connectivity index (χ3n) is 6.58. The van der Waals surface area contributed by atoms with Gasteiger partial charge >= 0.3 is 0 Å². The number of fused-ring (bicyclic) bond motifs is 2. The molecule has 0 amide bonds. The van der Waals surface area contributed by atoms with Crippen LogP contribution >= 0.6 is 0 Å². The van der Waals surface area contributed by atoms with E-state index in [1.54, 1.807) is 12.1 Å². The first-order chi connectivity index (χ1) is 17.2. The summed E-state index contributed by atoms with van der Waals surface area (Å²) in [7, 11) is 0. The first-order valence-electron chi connectivity index (χ1n) is 11.7. The number of benzene rings is 4. The molecule has 0 bridgehead atoms. The van der Waals surface area contributed by atoms with Crippen LogP contribution in [-0.4, -0.2) is 21.8 Å². The molecule has 0 unspecified atom stereocenters. The number of phenolic OH excluding ortho intramolecular Hbond substituents is 2. The molecule has 4 aromatic carbocycles. The quantitative estimate of drug-likeness (QED) is 0.217. The van der Waals surface area contributed by atoms with Gasteiger partial charge in [-0.2, -0.15) is 0 Å². The number of anilines is 4. The molecule has 1 aliphatic rings. The highest BCUT2D eigenvalue weighted by molar-refractivity contribution is 6.33. The van der Waals surface area contributed by atoms with E-state index in [0.717, 1.165) is 33.6 Å². The molecule has 36 heavy (non-hydrogen) atoms. The van der Waals surface area contributed by atoms with Crippen LogP contribution in [0.3, 0.4) is 0 Å². The van der Waals surface area contributed by atoms with Crippen LogP contribution in [0.25, 0.3) is 0 Å². The van der Waals surface area contributed by atoms with E-state index in [9.17, 15) is 19.8 Å². The zero-order valence-corrected chi connectivity index (χ0v) is 20.5. The van der Waals surface area contributed by atoms with E-state index in [1.165, 1.54) is 12.1 Å². The van der Waals surface area contributed by atoms with Crippen molar-refractivity contribution in [2.45, 2.75) is 27.7 Å². The number of ketones is 2. The van der Waals surface area contributed by atoms with Gasteiger partial charge in [0, 0.05) is 11.4 Å². The van der Waals surface area contributed by atoms with Crippen molar-refractivity contribution in [1.82, 2.24) is 0 Å². The number of carbonyl (C=O) groups is 2. The summed E-state index contributed by atoms with van der Waals surface area (Å²) < 4.78 is 0. The smallest absolute Gasteiger partial charge is 0.200 e. The maximum Gasteiger partial charge on any atom is 0.200 e. The first kappa shape index (κ1) is 23.2. The number of nitrogens with one attached hydrogen (secondary N) is 2. The molecule has 0 saturated heterocycles. The summed E-state index contributed by atoms with van der Waals surface area (Å²) >= 11 is 0. The Bertz CT molecular complexity index is 1470. The van der Waals surface area contributed by atoms with Crippen molar-refractivity contribution in [3.63, 3.8) is 0 Å². The molecule has 4 N–H and O–H groups in total. The molecule has 0 atom stereocenters. The van der Waals surface area contributed by atoms with Gasteiger partial charge in [-0.15, -0.1) is 0 Å². The minimum absolute atomic E-state index is 0.142. The molecule has 0 spiro atoms. The molecule has 0 heterocycles. The topological polar surface area (TPSA) is 98.7 Å². The SMILES string of the molecule is Cc1ccc(Nc2ccc(Nc3ccc(C)cc3C)c3c2C(=O)c2c(O)ccc(O)c2C3=O)c(C)c1. The lowest BCUT2D eigenvalue weighted by molar-refractivity contribution is 0.0975. The number of aromatic hydroxyl groups is 2. The number of hydrogen-bond donors (Lipinski definition) is 4. The van der Waals surface area contributed by atoms with E-state index in [1.807, 2.05) is 64.1 Å². The van der Waals surface area contributed by atoms with Crippen LogP contribution < -0.4 is 10.6 Å². The fraction of sp³-hybridized carbons (Fsp3) is 0.133. The van der Waals surface area contributed by atoms with Crippen LogP contribution in [-0.2, 0) is 0 Å². The van der Waals surface area contributed by atoms with Crippen LogP contribution in [0.1, 0.15) is 54.1 Å². The minimum atomic E-state index is -0.537. The van der Waals surface area contributed by atoms with Gasteiger partial charge in [-0.05, 0) is 75.2 Å². The highest BCUT2D eigenvalue weighted by Crippen LogP contribution is 2.43. The molecule has 180 valence electrons. The third-order valence-corrected chi connectivity index (χ3v) is 6.58. The molecule has 6 heteroatoms. The number of aryl methyl sites for hydroxylation is 4. The molecule has 0 aromatic heterocycles. The van der Waals surface area contributed by atoms with Gasteiger partial charge in [-0.25, -0.2) is 0 Å². The summed E-state index contributed by atoms with van der Waals surface area (Å²) in [6.45, 7) is 7.93. The Hall–Kier alpha value is -4.58. The molecular weight excluding hydrogens is 452 g/mol. The van der Waals surface area contributed by atoms with Crippen molar-refractivity contribution >= 4 is 34.3 Å². The largest absolute Gasteiger partial charge is 0.507 e. The van der Waals surface area contributed by atoms with E-state index in [0.29, 0.717) is 11.4 Å². The predicted octanol–water partition coefficient (Wildman–Crippen LogP) is 6.59. The van der Waals surface area contributed by atoms with Crippen molar-refractivity contribution in [3.8, 4) is 11.5 Å². The maximum atomic E-state index is 13.8. The van der Waals surface area contributed by atoms with E-state index in [4.69, 9.17) is 0 Å². The van der Waals surface area contributed by atoms with Gasteiger partial charge in [-0.3, -0.25) is 9.59 Å². The molecule has 0 fully saturated rings. The van der Waals surface area contributed by atoms with Gasteiger partial charge in [0.25, 0.3) is 0 Å². The lowest BCUT2D eigenvalue weighted by Gasteiger charge is -2.25. The molecule has 0 aliphatic heterocycles. The number of rotatable bonds is 4. The van der Waals surface area contributed by atoms with Crippen LogP contribution in [0.15, 0.2) is 60.7 Å². The van der Waals surface area contributed by atoms with Gasteiger partial charge in [-0.1, -0.05) is 35.4 Å². The fourth-order valence-corrected chi connectivity index (χ4v) is 4.77. The van der Waals surface area contributed by atoms with Crippen molar-refractivity contribution in [2.75, 3.05) is 10.6 Å². The summed E-state index contributed by atoms with van der Waals surface area (Å²) in [5, 5.41) is 27.6. The van der Waals surface area contributed by atoms with Gasteiger partial charge < -0.3 is 20.8 Å². The summed E-state index contributed by atoms with van der Waals surface area (Å²) in [6.07, 6.45) is 0. The molecule has 6 nitrogen and oxygen atoms in total. The first-order valence-corrected chi connectivity index (χ1v) is 11.7. The fourth-order valence-electron chi connectivity index (χ4n) is 4.77. The van der Waals surface area contributed by atoms with E-state index >= 15 is 0 Å². The van der Waals surface area contributed by atoms with Crippen LogP contribution in [0.5, 0.6) is 11.5 Å². The Kier molecular flexibility index (Phi) is 5.52.